The van der Waals surface area contributed by atoms with E-state index in [1.165, 1.54) is 6.07 Å². The van der Waals surface area contributed by atoms with Crippen molar-refractivity contribution in [2.75, 3.05) is 6.61 Å². The van der Waals surface area contributed by atoms with Crippen LogP contribution >= 0.6 is 11.6 Å². The van der Waals surface area contributed by atoms with Crippen LogP contribution in [0.25, 0.3) is 0 Å². The third-order valence-electron chi connectivity index (χ3n) is 4.15. The molecule has 0 atom stereocenters. The van der Waals surface area contributed by atoms with Crippen LogP contribution < -0.4 is 9.47 Å². The zero-order valence-electron chi connectivity index (χ0n) is 16.6. The molecule has 32 heavy (non-hydrogen) atoms. The normalized spacial score (nSPS) is 11.5. The van der Waals surface area contributed by atoms with Crippen LogP contribution in [0.15, 0.2) is 65.7 Å². The second kappa shape index (κ2) is 9.69. The van der Waals surface area contributed by atoms with Crippen molar-refractivity contribution < 1.29 is 27.6 Å². The molecule has 6 nitrogen and oxygen atoms in total. The lowest BCUT2D eigenvalue weighted by atomic mass is 10.1. The smallest absolute Gasteiger partial charge is 0.416 e. The maximum Gasteiger partial charge on any atom is 0.416 e. The van der Waals surface area contributed by atoms with E-state index in [1.807, 2.05) is 30.3 Å². The van der Waals surface area contributed by atoms with Crippen molar-refractivity contribution in [2.24, 2.45) is 4.99 Å². The molecule has 0 amide bonds. The molecule has 0 fully saturated rings. The van der Waals surface area contributed by atoms with Crippen LogP contribution in [-0.4, -0.2) is 17.7 Å². The third-order valence-corrected chi connectivity index (χ3v) is 4.43. The topological polar surface area (TPSA) is 74.0 Å². The monoisotopic (exact) mass is 464 g/mol. The van der Waals surface area contributed by atoms with Gasteiger partial charge in [-0.3, -0.25) is 15.1 Å². The minimum absolute atomic E-state index is 0.0413. The number of nitro groups is 1. The quantitative estimate of drug-likeness (QED) is 0.210. The van der Waals surface area contributed by atoms with Crippen LogP contribution in [-0.2, 0) is 6.18 Å². The maximum absolute atomic E-state index is 12.9. The van der Waals surface area contributed by atoms with Gasteiger partial charge in [-0.25, -0.2) is 0 Å². The lowest BCUT2D eigenvalue weighted by Gasteiger charge is -2.15. The number of hydrogen-bond acceptors (Lipinski definition) is 5. The number of ether oxygens (including phenoxy) is 2. The Morgan fingerprint density at radius 2 is 1.81 bits per heavy atom. The molecule has 0 N–H and O–H groups in total. The summed E-state index contributed by atoms with van der Waals surface area (Å²) < 4.78 is 49.9. The predicted molar refractivity (Wildman–Crippen MR) is 114 cm³/mol. The first-order valence-corrected chi connectivity index (χ1v) is 9.65. The Labute approximate surface area is 186 Å². The van der Waals surface area contributed by atoms with Gasteiger partial charge < -0.3 is 9.47 Å². The van der Waals surface area contributed by atoms with Crippen molar-refractivity contribution >= 4 is 29.2 Å². The summed E-state index contributed by atoms with van der Waals surface area (Å²) >= 11 is 6.32. The highest BCUT2D eigenvalue weighted by atomic mass is 35.5. The van der Waals surface area contributed by atoms with Gasteiger partial charge in [0.05, 0.1) is 27.8 Å². The Balaban J connectivity index is 1.99. The number of hydrogen-bond donors (Lipinski definition) is 0. The SMILES string of the molecule is CCOc1cc(C=Nc2ccccc2)cc(Cl)c1Oc1ccc(C(F)(F)F)cc1[N+](=O)[O-]. The molecule has 3 rings (SSSR count). The Morgan fingerprint density at radius 3 is 2.44 bits per heavy atom. The van der Waals surface area contributed by atoms with E-state index in [1.54, 1.807) is 19.2 Å². The van der Waals surface area contributed by atoms with Crippen molar-refractivity contribution in [1.82, 2.24) is 0 Å². The van der Waals surface area contributed by atoms with Crippen LogP contribution in [0.2, 0.25) is 5.02 Å². The van der Waals surface area contributed by atoms with Crippen LogP contribution in [0.3, 0.4) is 0 Å². The second-order valence-electron chi connectivity index (χ2n) is 6.40. The van der Waals surface area contributed by atoms with Gasteiger partial charge >= 0.3 is 11.9 Å². The molecule has 3 aromatic carbocycles. The molecule has 0 bridgehead atoms. The first kappa shape index (κ1) is 23.1. The number of aliphatic imine (C=N–C) groups is 1. The van der Waals surface area contributed by atoms with E-state index in [9.17, 15) is 23.3 Å². The Bertz CT molecular complexity index is 1150. The van der Waals surface area contributed by atoms with E-state index in [0.717, 1.165) is 6.07 Å². The van der Waals surface area contributed by atoms with Gasteiger partial charge in [-0.2, -0.15) is 13.2 Å². The molecule has 10 heteroatoms. The molecule has 0 radical (unpaired) electrons. The average molecular weight is 465 g/mol. The summed E-state index contributed by atoms with van der Waals surface area (Å²) in [5, 5.41) is 11.4. The number of para-hydroxylation sites is 1. The molecule has 0 aromatic heterocycles. The zero-order chi connectivity index (χ0) is 23.3. The van der Waals surface area contributed by atoms with Crippen LogP contribution in [0.4, 0.5) is 24.5 Å². The van der Waals surface area contributed by atoms with E-state index in [-0.39, 0.29) is 23.1 Å². The van der Waals surface area contributed by atoms with E-state index in [2.05, 4.69) is 4.99 Å². The number of halogens is 4. The first-order valence-electron chi connectivity index (χ1n) is 9.28. The van der Waals surface area contributed by atoms with E-state index in [4.69, 9.17) is 21.1 Å². The molecule has 0 saturated carbocycles. The zero-order valence-corrected chi connectivity index (χ0v) is 17.4. The minimum Gasteiger partial charge on any atom is -0.490 e. The maximum atomic E-state index is 12.9. The fourth-order valence-corrected chi connectivity index (χ4v) is 2.98. The molecule has 0 aliphatic rings. The van der Waals surface area contributed by atoms with Gasteiger partial charge in [0, 0.05) is 12.3 Å². The molecule has 0 spiro atoms. The Hall–Kier alpha value is -3.59. The number of nitrogens with zero attached hydrogens (tertiary/aromatic N) is 2. The largest absolute Gasteiger partial charge is 0.490 e. The van der Waals surface area contributed by atoms with Gasteiger partial charge in [0.15, 0.2) is 11.5 Å². The van der Waals surface area contributed by atoms with Gasteiger partial charge in [0.2, 0.25) is 5.75 Å². The van der Waals surface area contributed by atoms with Crippen molar-refractivity contribution in [1.29, 1.82) is 0 Å². The summed E-state index contributed by atoms with van der Waals surface area (Å²) in [5.41, 5.74) is -0.743. The molecule has 166 valence electrons. The number of benzene rings is 3. The second-order valence-corrected chi connectivity index (χ2v) is 6.80. The first-order chi connectivity index (χ1) is 15.2. The predicted octanol–water partition coefficient (Wildman–Crippen LogP) is 7.21. The van der Waals surface area contributed by atoms with Gasteiger partial charge in [-0.1, -0.05) is 29.8 Å². The van der Waals surface area contributed by atoms with Gasteiger partial charge in [-0.05, 0) is 48.9 Å². The number of nitro benzene ring substituents is 1. The van der Waals surface area contributed by atoms with E-state index < -0.39 is 28.1 Å². The van der Waals surface area contributed by atoms with Crippen molar-refractivity contribution in [3.8, 4) is 17.2 Å². The lowest BCUT2D eigenvalue weighted by molar-refractivity contribution is -0.385. The Kier molecular flexibility index (Phi) is 6.99. The molecule has 0 saturated heterocycles. The minimum atomic E-state index is -4.74. The molecule has 3 aromatic rings. The number of rotatable bonds is 7. The number of alkyl halides is 3. The standard InChI is InChI=1S/C22H16ClF3N2O4/c1-2-31-20-11-14(13-27-16-6-4-3-5-7-16)10-17(23)21(20)32-19-9-8-15(22(24,25)26)12-18(19)28(29)30/h3-13H,2H2,1H3. The molecule has 0 heterocycles. The summed E-state index contributed by atoms with van der Waals surface area (Å²) in [4.78, 5) is 14.7. The van der Waals surface area contributed by atoms with E-state index in [0.29, 0.717) is 23.4 Å². The molecule has 0 aliphatic carbocycles. The highest BCUT2D eigenvalue weighted by Gasteiger charge is 2.33. The van der Waals surface area contributed by atoms with Crippen molar-refractivity contribution in [2.45, 2.75) is 13.1 Å². The molecular weight excluding hydrogens is 449 g/mol. The van der Waals surface area contributed by atoms with Crippen molar-refractivity contribution in [3.05, 3.63) is 86.9 Å². The third kappa shape index (κ3) is 5.55. The summed E-state index contributed by atoms with van der Waals surface area (Å²) in [6, 6.07) is 14.2. The van der Waals surface area contributed by atoms with Crippen LogP contribution in [0, 0.1) is 10.1 Å². The van der Waals surface area contributed by atoms with E-state index >= 15 is 0 Å². The lowest BCUT2D eigenvalue weighted by Crippen LogP contribution is -2.06. The van der Waals surface area contributed by atoms with Crippen LogP contribution in [0.5, 0.6) is 17.2 Å². The summed E-state index contributed by atoms with van der Waals surface area (Å²) in [6.45, 7) is 1.93. The van der Waals surface area contributed by atoms with Gasteiger partial charge in [-0.15, -0.1) is 0 Å². The summed E-state index contributed by atoms with van der Waals surface area (Å²) in [7, 11) is 0. The van der Waals surface area contributed by atoms with Crippen molar-refractivity contribution in [3.63, 3.8) is 0 Å². The average Bonchev–Trinajstić information content (AvgIpc) is 2.74. The molecule has 0 unspecified atom stereocenters. The summed E-state index contributed by atoms with van der Waals surface area (Å²) in [6.07, 6.45) is -3.19. The highest BCUT2D eigenvalue weighted by Crippen LogP contribution is 2.43. The van der Waals surface area contributed by atoms with Gasteiger partial charge in [0.1, 0.15) is 0 Å². The summed E-state index contributed by atoms with van der Waals surface area (Å²) in [5.74, 6) is -0.312. The Morgan fingerprint density at radius 1 is 1.09 bits per heavy atom. The fourth-order valence-electron chi connectivity index (χ4n) is 2.72. The van der Waals surface area contributed by atoms with Gasteiger partial charge in [0.25, 0.3) is 0 Å². The molecular formula is C22H16ClF3N2O4. The highest BCUT2D eigenvalue weighted by molar-refractivity contribution is 6.32. The van der Waals surface area contributed by atoms with Crippen LogP contribution in [0.1, 0.15) is 18.1 Å². The fraction of sp³-hybridized carbons (Fsp3) is 0.136. The molecule has 0 aliphatic heterocycles.